The molecule has 0 aromatic rings. The van der Waals surface area contributed by atoms with Crippen molar-refractivity contribution in [2.24, 2.45) is 29.4 Å². The van der Waals surface area contributed by atoms with Gasteiger partial charge in [0, 0.05) is 19.0 Å². The van der Waals surface area contributed by atoms with Gasteiger partial charge in [-0.2, -0.15) is 0 Å². The van der Waals surface area contributed by atoms with E-state index in [-0.39, 0.29) is 17.7 Å². The van der Waals surface area contributed by atoms with E-state index >= 15 is 0 Å². The van der Waals surface area contributed by atoms with Crippen LogP contribution < -0.4 is 5.73 Å². The van der Waals surface area contributed by atoms with Gasteiger partial charge >= 0.3 is 0 Å². The van der Waals surface area contributed by atoms with Crippen molar-refractivity contribution >= 4 is 11.8 Å². The Morgan fingerprint density at radius 2 is 1.94 bits per heavy atom. The molecule has 4 heteroatoms. The van der Waals surface area contributed by atoms with Crippen molar-refractivity contribution in [2.75, 3.05) is 13.1 Å². The smallest absolute Gasteiger partial charge is 0.225 e. The van der Waals surface area contributed by atoms with Gasteiger partial charge in [0.2, 0.25) is 11.8 Å². The summed E-state index contributed by atoms with van der Waals surface area (Å²) >= 11 is 0. The predicted octanol–water partition coefficient (Wildman–Crippen LogP) is 0.756. The molecule has 0 radical (unpaired) electrons. The summed E-state index contributed by atoms with van der Waals surface area (Å²) in [4.78, 5) is 25.4. The van der Waals surface area contributed by atoms with Gasteiger partial charge in [-0.3, -0.25) is 9.59 Å². The van der Waals surface area contributed by atoms with E-state index in [1.54, 1.807) is 0 Å². The van der Waals surface area contributed by atoms with Crippen LogP contribution in [0.15, 0.2) is 0 Å². The van der Waals surface area contributed by atoms with Gasteiger partial charge in [-0.05, 0) is 37.5 Å². The van der Waals surface area contributed by atoms with E-state index in [1.807, 2.05) is 4.90 Å². The van der Waals surface area contributed by atoms with Crippen LogP contribution in [0.25, 0.3) is 0 Å². The Bertz CT molecular complexity index is 355. The third-order valence-corrected chi connectivity index (χ3v) is 4.96. The fraction of sp³-hybridized carbons (Fsp3) is 0.846. The average Bonchev–Trinajstić information content (AvgIpc) is 3.03. The molecule has 1 heterocycles. The minimum Gasteiger partial charge on any atom is -0.369 e. The number of hydrogen-bond donors (Lipinski definition) is 1. The minimum atomic E-state index is -0.256. The zero-order chi connectivity index (χ0) is 12.0. The molecule has 2 aliphatic carbocycles. The van der Waals surface area contributed by atoms with Gasteiger partial charge in [0.25, 0.3) is 0 Å². The minimum absolute atomic E-state index is 0.113. The molecule has 2 bridgehead atoms. The van der Waals surface area contributed by atoms with Gasteiger partial charge in [0.15, 0.2) is 0 Å². The standard InChI is InChI=1S/C13H20N2O2/c14-12(16)10-3-4-15(7-10)13(17)11-6-8-1-2-9(11)5-8/h8-11H,1-7H2,(H2,14,16)/t8-,9-,10-,11+/m0/s1. The molecule has 17 heavy (non-hydrogen) atoms. The van der Waals surface area contributed by atoms with Crippen molar-refractivity contribution in [3.63, 3.8) is 0 Å². The molecule has 3 aliphatic rings. The molecule has 0 aromatic carbocycles. The van der Waals surface area contributed by atoms with E-state index in [9.17, 15) is 9.59 Å². The van der Waals surface area contributed by atoms with Crippen LogP contribution in [0.5, 0.6) is 0 Å². The SMILES string of the molecule is NC(=O)[C@H]1CCN(C(=O)[C@@H]2C[C@H]3CC[C@H]2C3)C1. The number of amides is 2. The first-order chi connectivity index (χ1) is 8.15. The van der Waals surface area contributed by atoms with Crippen LogP contribution in [-0.4, -0.2) is 29.8 Å². The van der Waals surface area contributed by atoms with Crippen molar-refractivity contribution < 1.29 is 9.59 Å². The number of fused-ring (bicyclic) bond motifs is 2. The normalized spacial score (nSPS) is 39.9. The molecule has 2 N–H and O–H groups in total. The second-order valence-electron chi connectivity index (χ2n) is 5.95. The Morgan fingerprint density at radius 1 is 1.12 bits per heavy atom. The van der Waals surface area contributed by atoms with Crippen LogP contribution in [0.3, 0.4) is 0 Å². The molecule has 4 atom stereocenters. The van der Waals surface area contributed by atoms with Gasteiger partial charge < -0.3 is 10.6 Å². The molecule has 1 aliphatic heterocycles. The number of nitrogens with zero attached hydrogens (tertiary/aromatic N) is 1. The summed E-state index contributed by atoms with van der Waals surface area (Å²) in [7, 11) is 0. The number of rotatable bonds is 2. The summed E-state index contributed by atoms with van der Waals surface area (Å²) in [6, 6.07) is 0. The summed E-state index contributed by atoms with van der Waals surface area (Å²) in [5.41, 5.74) is 5.30. The quantitative estimate of drug-likeness (QED) is 0.769. The highest BCUT2D eigenvalue weighted by Gasteiger charge is 2.45. The maximum atomic E-state index is 12.4. The molecule has 94 valence electrons. The maximum absolute atomic E-state index is 12.4. The van der Waals surface area contributed by atoms with Crippen molar-refractivity contribution in [1.82, 2.24) is 4.90 Å². The largest absolute Gasteiger partial charge is 0.369 e. The summed E-state index contributed by atoms with van der Waals surface area (Å²) in [6.45, 7) is 1.28. The topological polar surface area (TPSA) is 63.4 Å². The van der Waals surface area contributed by atoms with Crippen LogP contribution in [0, 0.1) is 23.7 Å². The molecule has 3 fully saturated rings. The first-order valence-corrected chi connectivity index (χ1v) is 6.73. The summed E-state index contributed by atoms with van der Waals surface area (Å²) < 4.78 is 0. The number of nitrogens with two attached hydrogens (primary N) is 1. The third kappa shape index (κ3) is 1.83. The lowest BCUT2D eigenvalue weighted by Gasteiger charge is -2.26. The Labute approximate surface area is 102 Å². The van der Waals surface area contributed by atoms with Gasteiger partial charge in [0.1, 0.15) is 0 Å². The molecule has 2 amide bonds. The second-order valence-corrected chi connectivity index (χ2v) is 5.95. The molecule has 3 rings (SSSR count). The van der Waals surface area contributed by atoms with Gasteiger partial charge in [-0.15, -0.1) is 0 Å². The summed E-state index contributed by atoms with van der Waals surface area (Å²) in [6.07, 6.45) is 5.64. The average molecular weight is 236 g/mol. The number of likely N-dealkylation sites (tertiary alicyclic amines) is 1. The lowest BCUT2D eigenvalue weighted by molar-refractivity contribution is -0.136. The fourth-order valence-corrected chi connectivity index (χ4v) is 3.97. The van der Waals surface area contributed by atoms with Gasteiger partial charge in [-0.25, -0.2) is 0 Å². The molecule has 0 aromatic heterocycles. The summed E-state index contributed by atoms with van der Waals surface area (Å²) in [5.74, 6) is 1.59. The fourth-order valence-electron chi connectivity index (χ4n) is 3.97. The van der Waals surface area contributed by atoms with E-state index in [4.69, 9.17) is 5.73 Å². The Balaban J connectivity index is 1.62. The first kappa shape index (κ1) is 11.1. The van der Waals surface area contributed by atoms with Gasteiger partial charge in [-0.1, -0.05) is 6.42 Å². The Kier molecular flexibility index (Phi) is 2.60. The van der Waals surface area contributed by atoms with Crippen LogP contribution in [0.1, 0.15) is 32.1 Å². The molecule has 2 saturated carbocycles. The lowest BCUT2D eigenvalue weighted by atomic mass is 9.88. The molecule has 1 saturated heterocycles. The highest BCUT2D eigenvalue weighted by atomic mass is 16.2. The van der Waals surface area contributed by atoms with E-state index in [2.05, 4.69) is 0 Å². The monoisotopic (exact) mass is 236 g/mol. The van der Waals surface area contributed by atoms with Crippen molar-refractivity contribution in [3.05, 3.63) is 0 Å². The molecular weight excluding hydrogens is 216 g/mol. The molecule has 0 spiro atoms. The highest BCUT2D eigenvalue weighted by molar-refractivity contribution is 5.82. The summed E-state index contributed by atoms with van der Waals surface area (Å²) in [5, 5.41) is 0. The molecular formula is C13H20N2O2. The Morgan fingerprint density at radius 3 is 2.47 bits per heavy atom. The zero-order valence-corrected chi connectivity index (χ0v) is 10.1. The van der Waals surface area contributed by atoms with Crippen LogP contribution >= 0.6 is 0 Å². The highest BCUT2D eigenvalue weighted by Crippen LogP contribution is 2.49. The third-order valence-electron chi connectivity index (χ3n) is 4.96. The maximum Gasteiger partial charge on any atom is 0.225 e. The van der Waals surface area contributed by atoms with Crippen LogP contribution in [0.4, 0.5) is 0 Å². The van der Waals surface area contributed by atoms with E-state index < -0.39 is 0 Å². The zero-order valence-electron chi connectivity index (χ0n) is 10.1. The van der Waals surface area contributed by atoms with Gasteiger partial charge in [0.05, 0.1) is 5.92 Å². The molecule has 0 unspecified atom stereocenters. The van der Waals surface area contributed by atoms with Crippen molar-refractivity contribution in [3.8, 4) is 0 Å². The second kappa shape index (κ2) is 4.00. The van der Waals surface area contributed by atoms with Crippen LogP contribution in [-0.2, 0) is 9.59 Å². The van der Waals surface area contributed by atoms with Crippen molar-refractivity contribution in [1.29, 1.82) is 0 Å². The first-order valence-electron chi connectivity index (χ1n) is 6.73. The van der Waals surface area contributed by atoms with E-state index in [0.29, 0.717) is 18.4 Å². The number of primary amides is 1. The number of carbonyl (C=O) groups excluding carboxylic acids is 2. The van der Waals surface area contributed by atoms with Crippen LogP contribution in [0.2, 0.25) is 0 Å². The predicted molar refractivity (Wildman–Crippen MR) is 62.8 cm³/mol. The van der Waals surface area contributed by atoms with Crippen molar-refractivity contribution in [2.45, 2.75) is 32.1 Å². The molecule has 4 nitrogen and oxygen atoms in total. The number of carbonyl (C=O) groups is 2. The van der Waals surface area contributed by atoms with E-state index in [1.165, 1.54) is 19.3 Å². The Hall–Kier alpha value is -1.06. The van der Waals surface area contributed by atoms with E-state index in [0.717, 1.165) is 25.3 Å². The lowest BCUT2D eigenvalue weighted by Crippen LogP contribution is -2.37. The number of hydrogen-bond acceptors (Lipinski definition) is 2.